The Balaban J connectivity index is 1.91. The molecule has 0 aliphatic rings. The summed E-state index contributed by atoms with van der Waals surface area (Å²) in [4.78, 5) is 35.5. The maximum atomic E-state index is 12.0. The van der Waals surface area contributed by atoms with Gasteiger partial charge in [0.25, 0.3) is 11.8 Å². The number of methoxy groups -OCH3 is 1. The third kappa shape index (κ3) is 3.97. The van der Waals surface area contributed by atoms with E-state index in [-0.39, 0.29) is 5.56 Å². The number of imide groups is 1. The Morgan fingerprint density at radius 1 is 1.13 bits per heavy atom. The molecule has 1 heterocycles. The van der Waals surface area contributed by atoms with Gasteiger partial charge < -0.3 is 14.0 Å². The summed E-state index contributed by atoms with van der Waals surface area (Å²) >= 11 is 0. The molecule has 7 heteroatoms. The lowest BCUT2D eigenvalue weighted by molar-refractivity contribution is -0.123. The van der Waals surface area contributed by atoms with E-state index in [2.05, 4.69) is 5.32 Å². The van der Waals surface area contributed by atoms with Crippen molar-refractivity contribution in [3.05, 3.63) is 53.9 Å². The highest BCUT2D eigenvalue weighted by Gasteiger charge is 2.17. The van der Waals surface area contributed by atoms with Crippen LogP contribution in [0.1, 0.15) is 20.8 Å². The Labute approximate surface area is 132 Å². The van der Waals surface area contributed by atoms with Crippen LogP contribution < -0.4 is 10.1 Å². The lowest BCUT2D eigenvalue weighted by Gasteiger charge is -2.09. The van der Waals surface area contributed by atoms with Gasteiger partial charge in [0.2, 0.25) is 0 Å². The number of aryl methyl sites for hydroxylation is 1. The topological polar surface area (TPSA) is 86.6 Å². The third-order valence-electron chi connectivity index (χ3n) is 3.09. The predicted molar refractivity (Wildman–Crippen MR) is 81.2 cm³/mol. The summed E-state index contributed by atoms with van der Waals surface area (Å²) in [7, 11) is 3.11. The van der Waals surface area contributed by atoms with E-state index in [0.717, 1.165) is 0 Å². The van der Waals surface area contributed by atoms with Crippen LogP contribution in [-0.2, 0) is 16.6 Å². The van der Waals surface area contributed by atoms with Gasteiger partial charge in [-0.25, -0.2) is 4.79 Å². The quantitative estimate of drug-likeness (QED) is 0.836. The molecule has 120 valence electrons. The molecule has 1 aromatic carbocycles. The first kappa shape index (κ1) is 16.3. The number of carbonyl (C=O) groups excluding carboxylic acids is 3. The van der Waals surface area contributed by atoms with E-state index in [1.165, 1.54) is 13.2 Å². The molecule has 1 aromatic heterocycles. The van der Waals surface area contributed by atoms with Crippen molar-refractivity contribution in [1.29, 1.82) is 0 Å². The van der Waals surface area contributed by atoms with Crippen LogP contribution in [0.15, 0.2) is 42.6 Å². The van der Waals surface area contributed by atoms with E-state index < -0.39 is 24.4 Å². The molecule has 0 saturated carbocycles. The van der Waals surface area contributed by atoms with Gasteiger partial charge in [-0.1, -0.05) is 12.1 Å². The average molecular weight is 316 g/mol. The standard InChI is InChI=1S/C16H16N2O5/c1-18-9-5-7-12(18)16(21)23-10-14(19)17-15(20)11-6-3-4-8-13(11)22-2/h3-9H,10H2,1-2H3,(H,17,19,20). The average Bonchev–Trinajstić information content (AvgIpc) is 2.98. The van der Waals surface area contributed by atoms with Crippen molar-refractivity contribution in [2.24, 2.45) is 7.05 Å². The molecule has 0 radical (unpaired) electrons. The lowest BCUT2D eigenvalue weighted by atomic mass is 10.2. The number of hydrogen-bond acceptors (Lipinski definition) is 5. The van der Waals surface area contributed by atoms with Gasteiger partial charge in [0.15, 0.2) is 6.61 Å². The van der Waals surface area contributed by atoms with Gasteiger partial charge >= 0.3 is 5.97 Å². The molecule has 0 unspecified atom stereocenters. The summed E-state index contributed by atoms with van der Waals surface area (Å²) in [5, 5.41) is 2.14. The van der Waals surface area contributed by atoms with Crippen LogP contribution in [0.2, 0.25) is 0 Å². The molecule has 0 aliphatic heterocycles. The molecule has 0 saturated heterocycles. The third-order valence-corrected chi connectivity index (χ3v) is 3.09. The summed E-state index contributed by atoms with van der Waals surface area (Å²) in [6, 6.07) is 9.74. The Morgan fingerprint density at radius 3 is 2.52 bits per heavy atom. The Kier molecular flexibility index (Phi) is 5.14. The van der Waals surface area contributed by atoms with E-state index in [1.807, 2.05) is 0 Å². The van der Waals surface area contributed by atoms with Crippen molar-refractivity contribution < 1.29 is 23.9 Å². The van der Waals surface area contributed by atoms with Crippen LogP contribution >= 0.6 is 0 Å². The minimum atomic E-state index is -0.719. The number of aromatic nitrogens is 1. The number of amides is 2. The van der Waals surface area contributed by atoms with E-state index in [0.29, 0.717) is 11.4 Å². The molecule has 2 aromatic rings. The predicted octanol–water partition coefficient (Wildman–Crippen LogP) is 1.15. The minimum Gasteiger partial charge on any atom is -0.496 e. The second-order valence-corrected chi connectivity index (χ2v) is 4.66. The van der Waals surface area contributed by atoms with E-state index in [4.69, 9.17) is 9.47 Å². The second-order valence-electron chi connectivity index (χ2n) is 4.66. The summed E-state index contributed by atoms with van der Waals surface area (Å²) < 4.78 is 11.5. The maximum absolute atomic E-state index is 12.0. The Morgan fingerprint density at radius 2 is 1.87 bits per heavy atom. The minimum absolute atomic E-state index is 0.220. The van der Waals surface area contributed by atoms with Crippen molar-refractivity contribution in [1.82, 2.24) is 9.88 Å². The summed E-state index contributed by atoms with van der Waals surface area (Å²) in [6.45, 7) is -0.551. The number of esters is 1. The molecule has 23 heavy (non-hydrogen) atoms. The van der Waals surface area contributed by atoms with Gasteiger partial charge in [0.1, 0.15) is 11.4 Å². The molecule has 0 atom stereocenters. The molecule has 2 rings (SSSR count). The number of ether oxygens (including phenoxy) is 2. The van der Waals surface area contributed by atoms with Crippen LogP contribution in [0, 0.1) is 0 Å². The lowest BCUT2D eigenvalue weighted by Crippen LogP contribution is -2.34. The molecule has 0 bridgehead atoms. The van der Waals surface area contributed by atoms with Crippen molar-refractivity contribution in [3.63, 3.8) is 0 Å². The van der Waals surface area contributed by atoms with Crippen molar-refractivity contribution in [2.75, 3.05) is 13.7 Å². The SMILES string of the molecule is COc1ccccc1C(=O)NC(=O)COC(=O)c1cccn1C. The van der Waals surface area contributed by atoms with E-state index >= 15 is 0 Å². The van der Waals surface area contributed by atoms with Crippen LogP contribution in [0.3, 0.4) is 0 Å². The van der Waals surface area contributed by atoms with Crippen molar-refractivity contribution in [2.45, 2.75) is 0 Å². The molecular weight excluding hydrogens is 300 g/mol. The fourth-order valence-corrected chi connectivity index (χ4v) is 1.94. The fourth-order valence-electron chi connectivity index (χ4n) is 1.94. The first-order valence-corrected chi connectivity index (χ1v) is 6.78. The number of carbonyl (C=O) groups is 3. The van der Waals surface area contributed by atoms with Gasteiger partial charge in [0, 0.05) is 13.2 Å². The van der Waals surface area contributed by atoms with E-state index in [9.17, 15) is 14.4 Å². The van der Waals surface area contributed by atoms with Gasteiger partial charge in [-0.15, -0.1) is 0 Å². The smallest absolute Gasteiger partial charge is 0.355 e. The summed E-state index contributed by atoms with van der Waals surface area (Å²) in [5.41, 5.74) is 0.533. The van der Waals surface area contributed by atoms with Gasteiger partial charge in [-0.05, 0) is 24.3 Å². The number of para-hydroxylation sites is 1. The van der Waals surface area contributed by atoms with Gasteiger partial charge in [-0.2, -0.15) is 0 Å². The fraction of sp³-hybridized carbons (Fsp3) is 0.188. The first-order chi connectivity index (χ1) is 11.0. The molecular formula is C16H16N2O5. The summed E-state index contributed by atoms with van der Waals surface area (Å²) in [5.74, 6) is -1.64. The number of benzene rings is 1. The highest BCUT2D eigenvalue weighted by atomic mass is 16.5. The number of nitrogens with zero attached hydrogens (tertiary/aromatic N) is 1. The van der Waals surface area contributed by atoms with Crippen molar-refractivity contribution in [3.8, 4) is 5.75 Å². The maximum Gasteiger partial charge on any atom is 0.355 e. The molecule has 0 aliphatic carbocycles. The molecule has 0 fully saturated rings. The molecule has 7 nitrogen and oxygen atoms in total. The van der Waals surface area contributed by atoms with Gasteiger partial charge in [-0.3, -0.25) is 14.9 Å². The second kappa shape index (κ2) is 7.26. The largest absolute Gasteiger partial charge is 0.496 e. The highest BCUT2D eigenvalue weighted by Crippen LogP contribution is 2.16. The van der Waals surface area contributed by atoms with Crippen LogP contribution in [0.4, 0.5) is 0 Å². The van der Waals surface area contributed by atoms with Crippen LogP contribution in [0.25, 0.3) is 0 Å². The zero-order valence-corrected chi connectivity index (χ0v) is 12.7. The van der Waals surface area contributed by atoms with Crippen molar-refractivity contribution >= 4 is 17.8 Å². The van der Waals surface area contributed by atoms with Gasteiger partial charge in [0.05, 0.1) is 12.7 Å². The Hall–Kier alpha value is -3.09. The van der Waals surface area contributed by atoms with E-state index in [1.54, 1.807) is 48.1 Å². The zero-order valence-electron chi connectivity index (χ0n) is 12.7. The van der Waals surface area contributed by atoms with Crippen LogP contribution in [0.5, 0.6) is 5.75 Å². The molecule has 2 amide bonds. The Bertz CT molecular complexity index is 736. The van der Waals surface area contributed by atoms with Crippen LogP contribution in [-0.4, -0.2) is 36.1 Å². The summed E-state index contributed by atoms with van der Waals surface area (Å²) in [6.07, 6.45) is 1.68. The highest BCUT2D eigenvalue weighted by molar-refractivity contribution is 6.06. The number of hydrogen-bond donors (Lipinski definition) is 1. The number of rotatable bonds is 5. The zero-order chi connectivity index (χ0) is 16.8. The first-order valence-electron chi connectivity index (χ1n) is 6.78. The molecule has 0 spiro atoms. The number of nitrogens with one attached hydrogen (secondary N) is 1. The molecule has 1 N–H and O–H groups in total. The normalized spacial score (nSPS) is 10.0. The monoisotopic (exact) mass is 316 g/mol.